The molecule has 1 saturated carbocycles. The van der Waals surface area contributed by atoms with Crippen LogP contribution >= 0.6 is 0 Å². The fraction of sp³-hybridized carbons (Fsp3) is 0.625. The molecule has 0 bridgehead atoms. The van der Waals surface area contributed by atoms with Crippen molar-refractivity contribution in [3.63, 3.8) is 0 Å². The average Bonchev–Trinajstić information content (AvgIpc) is 3.27. The quantitative estimate of drug-likeness (QED) is 0.748. The molecule has 1 aliphatic rings. The lowest BCUT2D eigenvalue weighted by Crippen LogP contribution is -2.43. The molecule has 1 aliphatic carbocycles. The summed E-state index contributed by atoms with van der Waals surface area (Å²) < 4.78 is 10.6. The highest BCUT2D eigenvalue weighted by atomic mass is 16.5. The summed E-state index contributed by atoms with van der Waals surface area (Å²) in [6, 6.07) is 9.37. The Morgan fingerprint density at radius 2 is 2.15 bits per heavy atom. The number of nitrogens with one attached hydrogen (secondary N) is 1. The molecule has 1 aromatic rings. The summed E-state index contributed by atoms with van der Waals surface area (Å²) in [5, 5.41) is 3.58. The Balaban J connectivity index is 1.89. The molecule has 0 aliphatic heterocycles. The molecule has 1 atom stereocenters. The van der Waals surface area contributed by atoms with Crippen LogP contribution in [0.1, 0.15) is 18.4 Å². The van der Waals surface area contributed by atoms with Crippen molar-refractivity contribution in [1.82, 2.24) is 10.2 Å². The number of hydrogen-bond acceptors (Lipinski definition) is 4. The van der Waals surface area contributed by atoms with E-state index in [-0.39, 0.29) is 0 Å². The zero-order chi connectivity index (χ0) is 14.4. The third kappa shape index (κ3) is 4.78. The topological polar surface area (TPSA) is 33.7 Å². The lowest BCUT2D eigenvalue weighted by molar-refractivity contribution is 0.101. The molecule has 20 heavy (non-hydrogen) atoms. The highest BCUT2D eigenvalue weighted by Gasteiger charge is 2.23. The van der Waals surface area contributed by atoms with Gasteiger partial charge in [0.1, 0.15) is 5.75 Å². The number of methoxy groups -OCH3 is 2. The zero-order valence-corrected chi connectivity index (χ0v) is 12.8. The number of hydrogen-bond donors (Lipinski definition) is 1. The SMILES string of the molecule is COCC(CNC1CC1)N(C)Cc1cccc(OC)c1. The molecule has 0 aromatic heterocycles. The summed E-state index contributed by atoms with van der Waals surface area (Å²) in [6.45, 7) is 2.64. The Hall–Kier alpha value is -1.10. The third-order valence-corrected chi connectivity index (χ3v) is 3.77. The third-order valence-electron chi connectivity index (χ3n) is 3.77. The number of nitrogens with zero attached hydrogens (tertiary/aromatic N) is 1. The maximum absolute atomic E-state index is 5.35. The molecule has 1 aromatic carbocycles. The van der Waals surface area contributed by atoms with E-state index in [0.29, 0.717) is 6.04 Å². The first-order chi connectivity index (χ1) is 9.72. The van der Waals surface area contributed by atoms with E-state index in [1.807, 2.05) is 12.1 Å². The molecule has 4 nitrogen and oxygen atoms in total. The van der Waals surface area contributed by atoms with Crippen molar-refractivity contribution in [3.8, 4) is 5.75 Å². The Morgan fingerprint density at radius 1 is 1.35 bits per heavy atom. The van der Waals surface area contributed by atoms with Gasteiger partial charge in [-0.05, 0) is 37.6 Å². The lowest BCUT2D eigenvalue weighted by atomic mass is 10.1. The molecule has 0 spiro atoms. The fourth-order valence-corrected chi connectivity index (χ4v) is 2.31. The van der Waals surface area contributed by atoms with Gasteiger partial charge in [0.2, 0.25) is 0 Å². The molecule has 0 heterocycles. The zero-order valence-electron chi connectivity index (χ0n) is 12.8. The van der Waals surface area contributed by atoms with Crippen molar-refractivity contribution in [1.29, 1.82) is 0 Å². The second-order valence-corrected chi connectivity index (χ2v) is 5.56. The van der Waals surface area contributed by atoms with Crippen molar-refractivity contribution in [2.45, 2.75) is 31.5 Å². The number of likely N-dealkylation sites (N-methyl/N-ethyl adjacent to an activating group) is 1. The molecule has 4 heteroatoms. The van der Waals surface area contributed by atoms with Gasteiger partial charge in [0.15, 0.2) is 0 Å². The Labute approximate surface area is 122 Å². The first-order valence-corrected chi connectivity index (χ1v) is 7.28. The summed E-state index contributed by atoms with van der Waals surface area (Å²) >= 11 is 0. The summed E-state index contributed by atoms with van der Waals surface area (Å²) in [7, 11) is 5.62. The minimum absolute atomic E-state index is 0.395. The first kappa shape index (κ1) is 15.3. The van der Waals surface area contributed by atoms with E-state index >= 15 is 0 Å². The summed E-state index contributed by atoms with van der Waals surface area (Å²) in [4.78, 5) is 2.34. The van der Waals surface area contributed by atoms with E-state index in [9.17, 15) is 0 Å². The van der Waals surface area contributed by atoms with Crippen LogP contribution in [-0.4, -0.2) is 51.4 Å². The fourth-order valence-electron chi connectivity index (χ4n) is 2.31. The van der Waals surface area contributed by atoms with E-state index in [1.165, 1.54) is 18.4 Å². The second kappa shape index (κ2) is 7.62. The van der Waals surface area contributed by atoms with Crippen molar-refractivity contribution in [2.75, 3.05) is 34.4 Å². The number of benzene rings is 1. The van der Waals surface area contributed by atoms with Gasteiger partial charge in [-0.1, -0.05) is 12.1 Å². The predicted molar refractivity (Wildman–Crippen MR) is 81.1 cm³/mol. The van der Waals surface area contributed by atoms with Crippen LogP contribution in [0.4, 0.5) is 0 Å². The molecule has 0 amide bonds. The smallest absolute Gasteiger partial charge is 0.119 e. The van der Waals surface area contributed by atoms with Crippen molar-refractivity contribution in [2.24, 2.45) is 0 Å². The van der Waals surface area contributed by atoms with Crippen molar-refractivity contribution >= 4 is 0 Å². The van der Waals surface area contributed by atoms with Crippen LogP contribution in [0.2, 0.25) is 0 Å². The minimum atomic E-state index is 0.395. The van der Waals surface area contributed by atoms with Gasteiger partial charge in [-0.25, -0.2) is 0 Å². The number of ether oxygens (including phenoxy) is 2. The lowest BCUT2D eigenvalue weighted by Gasteiger charge is -2.28. The summed E-state index contributed by atoms with van der Waals surface area (Å²) in [5.74, 6) is 0.912. The average molecular weight is 278 g/mol. The molecule has 1 N–H and O–H groups in total. The van der Waals surface area contributed by atoms with Gasteiger partial charge in [-0.15, -0.1) is 0 Å². The molecular formula is C16H26N2O2. The standard InChI is InChI=1S/C16H26N2O2/c1-18(11-13-5-4-6-16(9-13)20-3)15(12-19-2)10-17-14-7-8-14/h4-6,9,14-15,17H,7-8,10-12H2,1-3H3. The van der Waals surface area contributed by atoms with Gasteiger partial charge in [0, 0.05) is 32.3 Å². The Bertz CT molecular complexity index is 407. The molecular weight excluding hydrogens is 252 g/mol. The normalized spacial score (nSPS) is 16.4. The van der Waals surface area contributed by atoms with Gasteiger partial charge in [-0.3, -0.25) is 4.90 Å². The van der Waals surface area contributed by atoms with E-state index in [0.717, 1.165) is 31.5 Å². The molecule has 112 valence electrons. The van der Waals surface area contributed by atoms with Gasteiger partial charge >= 0.3 is 0 Å². The van der Waals surface area contributed by atoms with E-state index in [4.69, 9.17) is 9.47 Å². The van der Waals surface area contributed by atoms with Gasteiger partial charge in [-0.2, -0.15) is 0 Å². The maximum atomic E-state index is 5.35. The predicted octanol–water partition coefficient (Wildman–Crippen LogP) is 1.89. The monoisotopic (exact) mass is 278 g/mol. The van der Waals surface area contributed by atoms with Gasteiger partial charge in [0.05, 0.1) is 13.7 Å². The van der Waals surface area contributed by atoms with Crippen LogP contribution in [0, 0.1) is 0 Å². The largest absolute Gasteiger partial charge is 0.497 e. The maximum Gasteiger partial charge on any atom is 0.119 e. The van der Waals surface area contributed by atoms with Crippen LogP contribution in [0.25, 0.3) is 0 Å². The van der Waals surface area contributed by atoms with Crippen molar-refractivity contribution < 1.29 is 9.47 Å². The van der Waals surface area contributed by atoms with E-state index in [1.54, 1.807) is 14.2 Å². The molecule has 2 rings (SSSR count). The molecule has 0 radical (unpaired) electrons. The van der Waals surface area contributed by atoms with Crippen LogP contribution in [-0.2, 0) is 11.3 Å². The van der Waals surface area contributed by atoms with E-state index < -0.39 is 0 Å². The summed E-state index contributed by atoms with van der Waals surface area (Å²) in [6.07, 6.45) is 2.64. The Kier molecular flexibility index (Phi) is 5.83. The Morgan fingerprint density at radius 3 is 2.80 bits per heavy atom. The van der Waals surface area contributed by atoms with Crippen LogP contribution in [0.15, 0.2) is 24.3 Å². The minimum Gasteiger partial charge on any atom is -0.497 e. The summed E-state index contributed by atoms with van der Waals surface area (Å²) in [5.41, 5.74) is 1.26. The van der Waals surface area contributed by atoms with Gasteiger partial charge in [0.25, 0.3) is 0 Å². The molecule has 1 fully saturated rings. The van der Waals surface area contributed by atoms with Crippen LogP contribution < -0.4 is 10.1 Å². The van der Waals surface area contributed by atoms with E-state index in [2.05, 4.69) is 29.4 Å². The van der Waals surface area contributed by atoms with Crippen LogP contribution in [0.5, 0.6) is 5.75 Å². The highest BCUT2D eigenvalue weighted by Crippen LogP contribution is 2.19. The second-order valence-electron chi connectivity index (χ2n) is 5.56. The van der Waals surface area contributed by atoms with Gasteiger partial charge < -0.3 is 14.8 Å². The molecule has 1 unspecified atom stereocenters. The highest BCUT2D eigenvalue weighted by molar-refractivity contribution is 5.28. The van der Waals surface area contributed by atoms with Crippen LogP contribution in [0.3, 0.4) is 0 Å². The van der Waals surface area contributed by atoms with Crippen molar-refractivity contribution in [3.05, 3.63) is 29.8 Å². The first-order valence-electron chi connectivity index (χ1n) is 7.28. The number of rotatable bonds is 9. The molecule has 0 saturated heterocycles.